The van der Waals surface area contributed by atoms with E-state index in [0.717, 1.165) is 38.5 Å². The van der Waals surface area contributed by atoms with E-state index in [1.54, 1.807) is 0 Å². The van der Waals surface area contributed by atoms with E-state index >= 15 is 0 Å². The first kappa shape index (κ1) is 12.7. The third-order valence-corrected chi connectivity index (χ3v) is 5.19. The molecule has 0 aromatic heterocycles. The largest absolute Gasteiger partial charge is 0.508 e. The van der Waals surface area contributed by atoms with Crippen molar-refractivity contribution in [3.8, 4) is 5.75 Å². The summed E-state index contributed by atoms with van der Waals surface area (Å²) in [7, 11) is 0. The monoisotopic (exact) mass is 258 g/mol. The van der Waals surface area contributed by atoms with E-state index < -0.39 is 0 Å². The van der Waals surface area contributed by atoms with Gasteiger partial charge in [-0.25, -0.2) is 0 Å². The van der Waals surface area contributed by atoms with E-state index in [4.69, 9.17) is 0 Å². The maximum Gasteiger partial charge on any atom is 0.133 e. The zero-order valence-electron chi connectivity index (χ0n) is 11.6. The highest BCUT2D eigenvalue weighted by molar-refractivity contribution is 5.80. The van der Waals surface area contributed by atoms with Gasteiger partial charge in [-0.05, 0) is 60.3 Å². The van der Waals surface area contributed by atoms with Crippen LogP contribution in [0.2, 0.25) is 0 Å². The Morgan fingerprint density at radius 3 is 3.00 bits per heavy atom. The Kier molecular flexibility index (Phi) is 3.12. The molecule has 0 heterocycles. The average molecular weight is 258 g/mol. The molecule has 1 fully saturated rings. The summed E-state index contributed by atoms with van der Waals surface area (Å²) in [6.45, 7) is 2.23. The minimum Gasteiger partial charge on any atom is -0.508 e. The number of aryl methyl sites for hydroxylation is 1. The maximum atomic E-state index is 11.8. The molecule has 1 aromatic rings. The first-order valence-corrected chi connectivity index (χ1v) is 7.50. The van der Waals surface area contributed by atoms with E-state index in [0.29, 0.717) is 17.5 Å². The summed E-state index contributed by atoms with van der Waals surface area (Å²) >= 11 is 0. The summed E-state index contributed by atoms with van der Waals surface area (Å²) in [6, 6.07) is 5.86. The summed E-state index contributed by atoms with van der Waals surface area (Å²) in [5.41, 5.74) is 2.92. The highest BCUT2D eigenvalue weighted by atomic mass is 16.3. The molecule has 19 heavy (non-hydrogen) atoms. The molecule has 0 amide bonds. The highest BCUT2D eigenvalue weighted by Gasteiger charge is 2.46. The van der Waals surface area contributed by atoms with Gasteiger partial charge in [0.2, 0.25) is 0 Å². The lowest BCUT2D eigenvalue weighted by atomic mass is 9.55. The van der Waals surface area contributed by atoms with Crippen molar-refractivity contribution in [3.05, 3.63) is 29.3 Å². The Morgan fingerprint density at radius 2 is 2.21 bits per heavy atom. The van der Waals surface area contributed by atoms with Crippen LogP contribution in [0.1, 0.15) is 56.6 Å². The van der Waals surface area contributed by atoms with Gasteiger partial charge in [0.05, 0.1) is 0 Å². The third kappa shape index (κ3) is 1.98. The summed E-state index contributed by atoms with van der Waals surface area (Å²) in [5.74, 6) is 1.33. The fourth-order valence-corrected chi connectivity index (χ4v) is 4.38. The van der Waals surface area contributed by atoms with Gasteiger partial charge >= 0.3 is 0 Å². The Bertz CT molecular complexity index is 506. The highest BCUT2D eigenvalue weighted by Crippen LogP contribution is 2.52. The Balaban J connectivity index is 2.08. The molecular weight excluding hydrogens is 236 g/mol. The lowest BCUT2D eigenvalue weighted by Gasteiger charge is -2.48. The number of carbonyl (C=O) groups excluding carboxylic acids is 1. The number of hydrogen-bond acceptors (Lipinski definition) is 2. The summed E-state index contributed by atoms with van der Waals surface area (Å²) in [5, 5.41) is 9.69. The molecule has 0 bridgehead atoms. The molecule has 2 atom stereocenters. The molecule has 0 radical (unpaired) electrons. The van der Waals surface area contributed by atoms with Crippen molar-refractivity contribution in [3.63, 3.8) is 0 Å². The van der Waals surface area contributed by atoms with Crippen molar-refractivity contribution in [1.29, 1.82) is 0 Å². The zero-order valence-corrected chi connectivity index (χ0v) is 11.6. The smallest absolute Gasteiger partial charge is 0.133 e. The van der Waals surface area contributed by atoms with E-state index in [-0.39, 0.29) is 5.41 Å². The first-order chi connectivity index (χ1) is 9.15. The average Bonchev–Trinajstić information content (AvgIpc) is 2.39. The third-order valence-electron chi connectivity index (χ3n) is 5.19. The second-order valence-electron chi connectivity index (χ2n) is 6.23. The fourth-order valence-electron chi connectivity index (χ4n) is 4.38. The number of aromatic hydroxyl groups is 1. The van der Waals surface area contributed by atoms with Crippen LogP contribution in [0.3, 0.4) is 0 Å². The molecule has 2 nitrogen and oxygen atoms in total. The summed E-state index contributed by atoms with van der Waals surface area (Å²) in [4.78, 5) is 11.8. The molecular formula is C17H22O2. The lowest BCUT2D eigenvalue weighted by Crippen LogP contribution is -2.44. The van der Waals surface area contributed by atoms with Crippen LogP contribution in [0.5, 0.6) is 5.75 Å². The van der Waals surface area contributed by atoms with E-state index in [1.165, 1.54) is 17.5 Å². The van der Waals surface area contributed by atoms with Gasteiger partial charge in [-0.3, -0.25) is 4.79 Å². The van der Waals surface area contributed by atoms with Gasteiger partial charge in [-0.1, -0.05) is 19.4 Å². The second-order valence-corrected chi connectivity index (χ2v) is 6.23. The fraction of sp³-hybridized carbons (Fsp3) is 0.588. The molecule has 2 heteroatoms. The normalized spacial score (nSPS) is 29.7. The molecule has 2 aliphatic rings. The van der Waals surface area contributed by atoms with Crippen molar-refractivity contribution in [2.75, 3.05) is 0 Å². The molecule has 1 saturated carbocycles. The van der Waals surface area contributed by atoms with Gasteiger partial charge in [-0.2, -0.15) is 0 Å². The van der Waals surface area contributed by atoms with Gasteiger partial charge in [-0.15, -0.1) is 0 Å². The Hall–Kier alpha value is -1.31. The first-order valence-electron chi connectivity index (χ1n) is 7.50. The van der Waals surface area contributed by atoms with Crippen molar-refractivity contribution in [1.82, 2.24) is 0 Å². The summed E-state index contributed by atoms with van der Waals surface area (Å²) < 4.78 is 0. The molecule has 1 aromatic carbocycles. The van der Waals surface area contributed by atoms with Crippen molar-refractivity contribution < 1.29 is 9.90 Å². The number of fused-ring (bicyclic) bond motifs is 3. The van der Waals surface area contributed by atoms with Gasteiger partial charge in [0.25, 0.3) is 0 Å². The van der Waals surface area contributed by atoms with Crippen LogP contribution in [-0.2, 0) is 16.6 Å². The van der Waals surface area contributed by atoms with Gasteiger partial charge in [0.15, 0.2) is 0 Å². The van der Waals surface area contributed by atoms with Crippen molar-refractivity contribution in [2.45, 2.75) is 57.3 Å². The molecule has 0 aliphatic heterocycles. The number of Topliss-reactive ketones (excluding diaryl/α,β-unsaturated/α-hetero) is 1. The molecule has 0 saturated heterocycles. The number of carbonyl (C=O) groups is 1. The Morgan fingerprint density at radius 1 is 1.37 bits per heavy atom. The second kappa shape index (κ2) is 4.66. The van der Waals surface area contributed by atoms with Crippen LogP contribution >= 0.6 is 0 Å². The zero-order chi connectivity index (χ0) is 13.5. The minimum atomic E-state index is 0.198. The number of benzene rings is 1. The predicted molar refractivity (Wildman–Crippen MR) is 75.4 cm³/mol. The van der Waals surface area contributed by atoms with E-state index in [2.05, 4.69) is 13.0 Å². The van der Waals surface area contributed by atoms with E-state index in [1.807, 2.05) is 12.1 Å². The Labute approximate surface area is 114 Å². The number of hydrogen-bond donors (Lipinski definition) is 1. The molecule has 1 N–H and O–H groups in total. The van der Waals surface area contributed by atoms with Crippen LogP contribution in [-0.4, -0.2) is 10.9 Å². The topological polar surface area (TPSA) is 37.3 Å². The number of ketones is 1. The van der Waals surface area contributed by atoms with Crippen LogP contribution < -0.4 is 0 Å². The summed E-state index contributed by atoms with van der Waals surface area (Å²) in [6.07, 6.45) is 6.93. The van der Waals surface area contributed by atoms with Crippen LogP contribution in [0.4, 0.5) is 0 Å². The number of rotatable bonds is 2. The van der Waals surface area contributed by atoms with Gasteiger partial charge in [0.1, 0.15) is 11.5 Å². The van der Waals surface area contributed by atoms with Gasteiger partial charge < -0.3 is 5.11 Å². The standard InChI is InChI=1S/C17H22O2/c1-2-8-17-9-7-15(19)11-13(17)4-3-12-10-14(18)5-6-16(12)17/h5-6,10,13,18H,2-4,7-9,11H2,1H3/t13-,17-/m1/s1. The van der Waals surface area contributed by atoms with Crippen LogP contribution in [0.15, 0.2) is 18.2 Å². The SMILES string of the molecule is CCC[C@@]12CCC(=O)C[C@H]1CCc1cc(O)ccc12. The number of phenolic OH excluding ortho intramolecular Hbond substituents is 1. The minimum absolute atomic E-state index is 0.198. The van der Waals surface area contributed by atoms with Crippen LogP contribution in [0.25, 0.3) is 0 Å². The van der Waals surface area contributed by atoms with Crippen molar-refractivity contribution >= 4 is 5.78 Å². The molecule has 2 aliphatic carbocycles. The van der Waals surface area contributed by atoms with Gasteiger partial charge in [0, 0.05) is 12.8 Å². The quantitative estimate of drug-likeness (QED) is 0.877. The molecule has 102 valence electrons. The molecule has 3 rings (SSSR count). The molecule has 0 unspecified atom stereocenters. The van der Waals surface area contributed by atoms with E-state index in [9.17, 15) is 9.90 Å². The maximum absolute atomic E-state index is 11.8. The van der Waals surface area contributed by atoms with Crippen LogP contribution in [0, 0.1) is 5.92 Å². The lowest BCUT2D eigenvalue weighted by molar-refractivity contribution is -0.123. The predicted octanol–water partition coefficient (Wildman–Crippen LogP) is 3.75. The number of phenols is 1. The molecule has 0 spiro atoms. The van der Waals surface area contributed by atoms with Crippen molar-refractivity contribution in [2.24, 2.45) is 5.92 Å².